The van der Waals surface area contributed by atoms with Gasteiger partial charge in [0.1, 0.15) is 0 Å². The van der Waals surface area contributed by atoms with Crippen LogP contribution in [0.1, 0.15) is 58.8 Å². The van der Waals surface area contributed by atoms with E-state index in [1.807, 2.05) is 6.92 Å². The van der Waals surface area contributed by atoms with Crippen molar-refractivity contribution in [2.24, 2.45) is 5.41 Å². The number of aliphatic carboxylic acids is 1. The van der Waals surface area contributed by atoms with Crippen LogP contribution in [-0.2, 0) is 9.53 Å². The SMILES string of the molecule is CCCCCCCC1(C(=O)O)CCOC1C. The maximum atomic E-state index is 11.4. The van der Waals surface area contributed by atoms with E-state index in [4.69, 9.17) is 4.74 Å². The van der Waals surface area contributed by atoms with Gasteiger partial charge in [-0.15, -0.1) is 0 Å². The number of ether oxygens (including phenoxy) is 1. The van der Waals surface area contributed by atoms with E-state index in [2.05, 4.69) is 6.92 Å². The van der Waals surface area contributed by atoms with E-state index in [9.17, 15) is 9.90 Å². The van der Waals surface area contributed by atoms with Crippen LogP contribution in [0.2, 0.25) is 0 Å². The lowest BCUT2D eigenvalue weighted by Crippen LogP contribution is -2.37. The molecule has 1 fully saturated rings. The van der Waals surface area contributed by atoms with Crippen LogP contribution in [0.3, 0.4) is 0 Å². The second-order valence-electron chi connectivity index (χ2n) is 4.89. The van der Waals surface area contributed by atoms with E-state index in [1.54, 1.807) is 0 Å². The highest BCUT2D eigenvalue weighted by molar-refractivity contribution is 5.75. The molecule has 0 aromatic carbocycles. The molecular formula is C13H24O3. The summed E-state index contributed by atoms with van der Waals surface area (Å²) in [7, 11) is 0. The molecule has 1 saturated heterocycles. The number of carboxylic acid groups (broad SMARTS) is 1. The van der Waals surface area contributed by atoms with Gasteiger partial charge in [0.25, 0.3) is 0 Å². The molecule has 0 aliphatic carbocycles. The lowest BCUT2D eigenvalue weighted by Gasteiger charge is -2.27. The third-order valence-corrected chi connectivity index (χ3v) is 3.85. The summed E-state index contributed by atoms with van der Waals surface area (Å²) in [5.74, 6) is -0.673. The zero-order valence-electron chi connectivity index (χ0n) is 10.5. The number of hydrogen-bond donors (Lipinski definition) is 1. The van der Waals surface area contributed by atoms with Gasteiger partial charge in [0.2, 0.25) is 0 Å². The number of unbranched alkanes of at least 4 members (excludes halogenated alkanes) is 4. The van der Waals surface area contributed by atoms with Gasteiger partial charge in [0, 0.05) is 6.61 Å². The zero-order valence-corrected chi connectivity index (χ0v) is 10.5. The molecule has 1 rings (SSSR count). The molecule has 0 radical (unpaired) electrons. The van der Waals surface area contributed by atoms with Crippen LogP contribution in [-0.4, -0.2) is 23.8 Å². The van der Waals surface area contributed by atoms with Crippen molar-refractivity contribution < 1.29 is 14.6 Å². The van der Waals surface area contributed by atoms with Gasteiger partial charge in [0.15, 0.2) is 0 Å². The van der Waals surface area contributed by atoms with Crippen LogP contribution < -0.4 is 0 Å². The fourth-order valence-electron chi connectivity index (χ4n) is 2.54. The molecule has 0 spiro atoms. The predicted molar refractivity (Wildman–Crippen MR) is 63.5 cm³/mol. The average molecular weight is 228 g/mol. The van der Waals surface area contributed by atoms with Gasteiger partial charge in [0.05, 0.1) is 11.5 Å². The van der Waals surface area contributed by atoms with E-state index in [-0.39, 0.29) is 6.10 Å². The molecule has 0 aromatic heterocycles. The molecule has 1 aliphatic rings. The van der Waals surface area contributed by atoms with Gasteiger partial charge in [-0.1, -0.05) is 39.0 Å². The second kappa shape index (κ2) is 6.24. The van der Waals surface area contributed by atoms with Gasteiger partial charge in [-0.25, -0.2) is 0 Å². The Morgan fingerprint density at radius 2 is 2.06 bits per heavy atom. The Labute approximate surface area is 98.2 Å². The van der Waals surface area contributed by atoms with Gasteiger partial charge in [-0.2, -0.15) is 0 Å². The molecule has 0 amide bonds. The molecular weight excluding hydrogens is 204 g/mol. The Balaban J connectivity index is 2.38. The number of hydrogen-bond acceptors (Lipinski definition) is 2. The van der Waals surface area contributed by atoms with Gasteiger partial charge < -0.3 is 9.84 Å². The summed E-state index contributed by atoms with van der Waals surface area (Å²) < 4.78 is 5.43. The van der Waals surface area contributed by atoms with E-state index in [0.717, 1.165) is 19.3 Å². The standard InChI is InChI=1S/C13H24O3/c1-3-4-5-6-7-8-13(12(14)15)9-10-16-11(13)2/h11H,3-10H2,1-2H3,(H,14,15). The highest BCUT2D eigenvalue weighted by Gasteiger charge is 2.47. The molecule has 2 atom stereocenters. The molecule has 16 heavy (non-hydrogen) atoms. The van der Waals surface area contributed by atoms with Crippen molar-refractivity contribution in [1.29, 1.82) is 0 Å². The maximum Gasteiger partial charge on any atom is 0.312 e. The van der Waals surface area contributed by atoms with Gasteiger partial charge in [-0.05, 0) is 19.8 Å². The van der Waals surface area contributed by atoms with Crippen molar-refractivity contribution in [2.45, 2.75) is 64.9 Å². The third-order valence-electron chi connectivity index (χ3n) is 3.85. The highest BCUT2D eigenvalue weighted by atomic mass is 16.5. The first-order chi connectivity index (χ1) is 7.63. The fourth-order valence-corrected chi connectivity index (χ4v) is 2.54. The molecule has 1 aliphatic heterocycles. The summed E-state index contributed by atoms with van der Waals surface area (Å²) in [5.41, 5.74) is -0.605. The molecule has 0 bridgehead atoms. The van der Waals surface area contributed by atoms with Crippen molar-refractivity contribution in [1.82, 2.24) is 0 Å². The molecule has 3 heteroatoms. The molecule has 3 nitrogen and oxygen atoms in total. The molecule has 94 valence electrons. The monoisotopic (exact) mass is 228 g/mol. The van der Waals surface area contributed by atoms with Crippen LogP contribution in [0.4, 0.5) is 0 Å². The Kier molecular flexibility index (Phi) is 5.26. The number of carboxylic acids is 1. The quantitative estimate of drug-likeness (QED) is 0.680. The fraction of sp³-hybridized carbons (Fsp3) is 0.923. The summed E-state index contributed by atoms with van der Waals surface area (Å²) >= 11 is 0. The lowest BCUT2D eigenvalue weighted by molar-refractivity contribution is -0.152. The van der Waals surface area contributed by atoms with Crippen molar-refractivity contribution in [3.63, 3.8) is 0 Å². The van der Waals surface area contributed by atoms with Crippen molar-refractivity contribution in [3.8, 4) is 0 Å². The normalized spacial score (nSPS) is 29.5. The van der Waals surface area contributed by atoms with E-state index in [1.165, 1.54) is 19.3 Å². The predicted octanol–water partition coefficient (Wildman–Crippen LogP) is 3.23. The minimum absolute atomic E-state index is 0.129. The number of rotatable bonds is 7. The van der Waals surface area contributed by atoms with E-state index >= 15 is 0 Å². The number of carbonyl (C=O) groups is 1. The molecule has 1 heterocycles. The van der Waals surface area contributed by atoms with Gasteiger partial charge in [-0.3, -0.25) is 4.79 Å². The Morgan fingerprint density at radius 3 is 2.56 bits per heavy atom. The van der Waals surface area contributed by atoms with Crippen molar-refractivity contribution in [3.05, 3.63) is 0 Å². The van der Waals surface area contributed by atoms with Crippen LogP contribution >= 0.6 is 0 Å². The van der Waals surface area contributed by atoms with E-state index < -0.39 is 11.4 Å². The summed E-state index contributed by atoms with van der Waals surface area (Å²) in [6.07, 6.45) is 7.19. The Morgan fingerprint density at radius 1 is 1.38 bits per heavy atom. The molecule has 2 unspecified atom stereocenters. The third kappa shape index (κ3) is 2.97. The van der Waals surface area contributed by atoms with E-state index in [0.29, 0.717) is 13.0 Å². The van der Waals surface area contributed by atoms with Crippen molar-refractivity contribution in [2.75, 3.05) is 6.61 Å². The average Bonchev–Trinajstić information content (AvgIpc) is 2.61. The zero-order chi connectivity index (χ0) is 12.0. The van der Waals surface area contributed by atoms with Crippen LogP contribution in [0.25, 0.3) is 0 Å². The smallest absolute Gasteiger partial charge is 0.312 e. The summed E-state index contributed by atoms with van der Waals surface area (Å²) in [6, 6.07) is 0. The first kappa shape index (κ1) is 13.5. The highest BCUT2D eigenvalue weighted by Crippen LogP contribution is 2.40. The van der Waals surface area contributed by atoms with Gasteiger partial charge >= 0.3 is 5.97 Å². The summed E-state index contributed by atoms with van der Waals surface area (Å²) in [6.45, 7) is 4.68. The topological polar surface area (TPSA) is 46.5 Å². The summed E-state index contributed by atoms with van der Waals surface area (Å²) in [4.78, 5) is 11.4. The second-order valence-corrected chi connectivity index (χ2v) is 4.89. The first-order valence-electron chi connectivity index (χ1n) is 6.48. The Bertz CT molecular complexity index is 227. The molecule has 1 N–H and O–H groups in total. The van der Waals surface area contributed by atoms with Crippen LogP contribution in [0.5, 0.6) is 0 Å². The summed E-state index contributed by atoms with van der Waals surface area (Å²) in [5, 5.41) is 9.36. The Hall–Kier alpha value is -0.570. The lowest BCUT2D eigenvalue weighted by atomic mass is 9.77. The maximum absolute atomic E-state index is 11.4. The minimum atomic E-state index is -0.673. The van der Waals surface area contributed by atoms with Crippen molar-refractivity contribution >= 4 is 5.97 Å². The van der Waals surface area contributed by atoms with Crippen LogP contribution in [0.15, 0.2) is 0 Å². The molecule has 0 saturated carbocycles. The largest absolute Gasteiger partial charge is 0.481 e. The van der Waals surface area contributed by atoms with Crippen LogP contribution in [0, 0.1) is 5.41 Å². The molecule has 0 aromatic rings. The minimum Gasteiger partial charge on any atom is -0.481 e. The first-order valence-corrected chi connectivity index (χ1v) is 6.48.